The van der Waals surface area contributed by atoms with Crippen LogP contribution in [0.3, 0.4) is 0 Å². The van der Waals surface area contributed by atoms with Gasteiger partial charge in [0.05, 0.1) is 0 Å². The second-order valence-electron chi connectivity index (χ2n) is 4.97. The summed E-state index contributed by atoms with van der Waals surface area (Å²) in [6.45, 7) is 2.39. The Bertz CT molecular complexity index is 432. The van der Waals surface area contributed by atoms with Crippen molar-refractivity contribution < 1.29 is 9.47 Å². The van der Waals surface area contributed by atoms with Crippen LogP contribution in [0, 0.1) is 0 Å². The first kappa shape index (κ1) is 12.2. The molecule has 3 nitrogen and oxygen atoms in total. The van der Waals surface area contributed by atoms with Crippen molar-refractivity contribution >= 4 is 11.8 Å². The van der Waals surface area contributed by atoms with Crippen LogP contribution in [0.1, 0.15) is 19.3 Å². The molecule has 0 amide bonds. The number of hydrogen-bond acceptors (Lipinski definition) is 4. The van der Waals surface area contributed by atoms with Gasteiger partial charge < -0.3 is 14.8 Å². The molecule has 0 saturated heterocycles. The molecule has 1 aromatic rings. The summed E-state index contributed by atoms with van der Waals surface area (Å²) in [4.78, 5) is 1.29. The fourth-order valence-electron chi connectivity index (χ4n) is 2.55. The molecule has 0 aromatic heterocycles. The molecule has 0 unspecified atom stereocenters. The summed E-state index contributed by atoms with van der Waals surface area (Å²) < 4.78 is 11.6. The summed E-state index contributed by atoms with van der Waals surface area (Å²) in [7, 11) is 2.03. The number of fused-ring (bicyclic) bond motifs is 1. The van der Waals surface area contributed by atoms with Crippen molar-refractivity contribution in [2.24, 2.45) is 0 Å². The predicted octanol–water partition coefficient (Wildman–Crippen LogP) is 2.69. The molecule has 3 rings (SSSR count). The molecule has 1 aromatic carbocycles. The second kappa shape index (κ2) is 5.02. The van der Waals surface area contributed by atoms with Crippen LogP contribution in [-0.2, 0) is 0 Å². The minimum absolute atomic E-state index is 0.387. The highest BCUT2D eigenvalue weighted by Gasteiger charge is 2.37. The summed E-state index contributed by atoms with van der Waals surface area (Å²) in [5.74, 6) is 1.77. The van der Waals surface area contributed by atoms with E-state index in [9.17, 15) is 0 Å². The van der Waals surface area contributed by atoms with Crippen molar-refractivity contribution in [1.29, 1.82) is 0 Å². The van der Waals surface area contributed by atoms with Gasteiger partial charge in [0.1, 0.15) is 13.2 Å². The molecule has 18 heavy (non-hydrogen) atoms. The zero-order chi connectivity index (χ0) is 12.4. The van der Waals surface area contributed by atoms with Gasteiger partial charge in [-0.25, -0.2) is 0 Å². The average molecular weight is 265 g/mol. The standard InChI is InChI=1S/C14H19NO2S/c1-15-10-14(5-2-6-14)18-11-3-4-12-13(9-11)17-8-7-16-12/h3-4,9,15H,2,5-8,10H2,1H3. The topological polar surface area (TPSA) is 30.5 Å². The summed E-state index contributed by atoms with van der Waals surface area (Å²) in [6.07, 6.45) is 3.94. The quantitative estimate of drug-likeness (QED) is 0.906. The minimum atomic E-state index is 0.387. The van der Waals surface area contributed by atoms with E-state index in [0.29, 0.717) is 18.0 Å². The third kappa shape index (κ3) is 2.31. The number of rotatable bonds is 4. The number of benzene rings is 1. The van der Waals surface area contributed by atoms with Crippen molar-refractivity contribution in [3.8, 4) is 11.5 Å². The van der Waals surface area contributed by atoms with Crippen LogP contribution in [0.4, 0.5) is 0 Å². The summed E-state index contributed by atoms with van der Waals surface area (Å²) in [6, 6.07) is 6.30. The second-order valence-corrected chi connectivity index (χ2v) is 6.52. The Kier molecular flexibility index (Phi) is 3.39. The lowest BCUT2D eigenvalue weighted by atomic mass is 9.84. The number of ether oxygens (including phenoxy) is 2. The Morgan fingerprint density at radius 3 is 2.67 bits per heavy atom. The van der Waals surface area contributed by atoms with E-state index in [4.69, 9.17) is 9.47 Å². The lowest BCUT2D eigenvalue weighted by molar-refractivity contribution is 0.171. The van der Waals surface area contributed by atoms with Crippen molar-refractivity contribution in [2.75, 3.05) is 26.8 Å². The summed E-state index contributed by atoms with van der Waals surface area (Å²) in [5, 5.41) is 3.32. The SMILES string of the molecule is CNCC1(Sc2ccc3c(c2)OCCO3)CCC1. The molecule has 98 valence electrons. The lowest BCUT2D eigenvalue weighted by Gasteiger charge is -2.41. The van der Waals surface area contributed by atoms with Crippen LogP contribution in [0.25, 0.3) is 0 Å². The van der Waals surface area contributed by atoms with Gasteiger partial charge in [0, 0.05) is 16.2 Å². The Labute approximate surface area is 112 Å². The van der Waals surface area contributed by atoms with E-state index in [0.717, 1.165) is 18.0 Å². The van der Waals surface area contributed by atoms with Crippen LogP contribution in [0.15, 0.2) is 23.1 Å². The average Bonchev–Trinajstić information content (AvgIpc) is 2.36. The molecule has 0 bridgehead atoms. The van der Waals surface area contributed by atoms with Crippen molar-refractivity contribution in [1.82, 2.24) is 5.32 Å². The number of hydrogen-bond donors (Lipinski definition) is 1. The third-order valence-electron chi connectivity index (χ3n) is 3.61. The van der Waals surface area contributed by atoms with Crippen LogP contribution >= 0.6 is 11.8 Å². The molecule has 0 atom stereocenters. The van der Waals surface area contributed by atoms with E-state index in [1.807, 2.05) is 24.9 Å². The maximum absolute atomic E-state index is 5.64. The molecule has 1 saturated carbocycles. The highest BCUT2D eigenvalue weighted by molar-refractivity contribution is 8.00. The maximum Gasteiger partial charge on any atom is 0.162 e. The first-order valence-electron chi connectivity index (χ1n) is 6.55. The monoisotopic (exact) mass is 265 g/mol. The first-order valence-corrected chi connectivity index (χ1v) is 7.36. The molecule has 1 N–H and O–H groups in total. The Balaban J connectivity index is 1.76. The van der Waals surface area contributed by atoms with Gasteiger partial charge in [-0.3, -0.25) is 0 Å². The molecule has 1 heterocycles. The lowest BCUT2D eigenvalue weighted by Crippen LogP contribution is -2.42. The van der Waals surface area contributed by atoms with Gasteiger partial charge >= 0.3 is 0 Å². The smallest absolute Gasteiger partial charge is 0.162 e. The molecular weight excluding hydrogens is 246 g/mol. The third-order valence-corrected chi connectivity index (χ3v) is 5.09. The van der Waals surface area contributed by atoms with Gasteiger partial charge in [0.2, 0.25) is 0 Å². The molecule has 1 aliphatic carbocycles. The highest BCUT2D eigenvalue weighted by Crippen LogP contribution is 2.48. The van der Waals surface area contributed by atoms with Crippen molar-refractivity contribution in [3.63, 3.8) is 0 Å². The Morgan fingerprint density at radius 1 is 1.22 bits per heavy atom. The zero-order valence-corrected chi connectivity index (χ0v) is 11.5. The summed E-state index contributed by atoms with van der Waals surface area (Å²) >= 11 is 1.98. The molecule has 0 radical (unpaired) electrons. The van der Waals surface area contributed by atoms with Gasteiger partial charge in [0.25, 0.3) is 0 Å². The van der Waals surface area contributed by atoms with E-state index < -0.39 is 0 Å². The van der Waals surface area contributed by atoms with Gasteiger partial charge in [-0.15, -0.1) is 11.8 Å². The van der Waals surface area contributed by atoms with Crippen LogP contribution in [0.5, 0.6) is 11.5 Å². The Hall–Kier alpha value is -0.870. The zero-order valence-electron chi connectivity index (χ0n) is 10.7. The van der Waals surface area contributed by atoms with E-state index in [-0.39, 0.29) is 0 Å². The predicted molar refractivity (Wildman–Crippen MR) is 73.8 cm³/mol. The highest BCUT2D eigenvalue weighted by atomic mass is 32.2. The van der Waals surface area contributed by atoms with E-state index >= 15 is 0 Å². The van der Waals surface area contributed by atoms with Gasteiger partial charge in [-0.05, 0) is 38.1 Å². The van der Waals surface area contributed by atoms with Gasteiger partial charge in [0.15, 0.2) is 11.5 Å². The van der Waals surface area contributed by atoms with Crippen LogP contribution < -0.4 is 14.8 Å². The Morgan fingerprint density at radius 2 is 2.00 bits per heavy atom. The van der Waals surface area contributed by atoms with E-state index in [1.54, 1.807) is 0 Å². The molecule has 0 spiro atoms. The first-order chi connectivity index (χ1) is 8.81. The minimum Gasteiger partial charge on any atom is -0.486 e. The molecule has 2 aliphatic rings. The molecule has 4 heteroatoms. The molecule has 1 aliphatic heterocycles. The van der Waals surface area contributed by atoms with Gasteiger partial charge in [-0.2, -0.15) is 0 Å². The molecular formula is C14H19NO2S. The number of thioether (sulfide) groups is 1. The summed E-state index contributed by atoms with van der Waals surface area (Å²) in [5.41, 5.74) is 0. The van der Waals surface area contributed by atoms with E-state index in [1.165, 1.54) is 24.2 Å². The van der Waals surface area contributed by atoms with Crippen molar-refractivity contribution in [3.05, 3.63) is 18.2 Å². The van der Waals surface area contributed by atoms with Crippen LogP contribution in [-0.4, -0.2) is 31.6 Å². The number of nitrogens with one attached hydrogen (secondary N) is 1. The van der Waals surface area contributed by atoms with Crippen molar-refractivity contribution in [2.45, 2.75) is 28.9 Å². The fourth-order valence-corrected chi connectivity index (χ4v) is 4.06. The van der Waals surface area contributed by atoms with Crippen LogP contribution in [0.2, 0.25) is 0 Å². The molecule has 1 fully saturated rings. The fraction of sp³-hybridized carbons (Fsp3) is 0.571. The maximum atomic E-state index is 5.64. The normalized spacial score (nSPS) is 20.3. The largest absolute Gasteiger partial charge is 0.486 e. The van der Waals surface area contributed by atoms with E-state index in [2.05, 4.69) is 17.4 Å². The van der Waals surface area contributed by atoms with Gasteiger partial charge in [-0.1, -0.05) is 6.42 Å².